The van der Waals surface area contributed by atoms with Crippen molar-refractivity contribution in [3.8, 4) is 17.2 Å². The summed E-state index contributed by atoms with van der Waals surface area (Å²) < 4.78 is 22.5. The highest BCUT2D eigenvalue weighted by molar-refractivity contribution is 5.98. The summed E-state index contributed by atoms with van der Waals surface area (Å²) in [5.74, 6) is -1.27. The summed E-state index contributed by atoms with van der Waals surface area (Å²) >= 11 is 0. The number of ether oxygens (including phenoxy) is 4. The van der Waals surface area contributed by atoms with Crippen LogP contribution in [0.25, 0.3) is 0 Å². The first kappa shape index (κ1) is 30.1. The Labute approximate surface area is 234 Å². The van der Waals surface area contributed by atoms with Crippen LogP contribution in [0.3, 0.4) is 0 Å². The van der Waals surface area contributed by atoms with Crippen molar-refractivity contribution in [3.05, 3.63) is 84.2 Å². The van der Waals surface area contributed by atoms with Gasteiger partial charge in [-0.2, -0.15) is 0 Å². The first-order valence-electron chi connectivity index (χ1n) is 13.2. The number of rotatable bonds is 13. The number of nitrogens with zero attached hydrogens (tertiary/aromatic N) is 1. The molecule has 0 spiro atoms. The van der Waals surface area contributed by atoms with Gasteiger partial charge in [0.1, 0.15) is 24.0 Å². The number of pyridine rings is 1. The zero-order valence-corrected chi connectivity index (χ0v) is 23.5. The van der Waals surface area contributed by atoms with Crippen LogP contribution >= 0.6 is 0 Å². The van der Waals surface area contributed by atoms with E-state index in [1.165, 1.54) is 33.2 Å². The maximum Gasteiger partial charge on any atom is 0.328 e. The molecule has 3 aromatic rings. The minimum Gasteiger partial charge on any atom is -0.493 e. The summed E-state index contributed by atoms with van der Waals surface area (Å²) in [6, 6.07) is 19.9. The van der Waals surface area contributed by atoms with E-state index in [4.69, 9.17) is 18.9 Å². The second-order valence-corrected chi connectivity index (χ2v) is 9.38. The van der Waals surface area contributed by atoms with Gasteiger partial charge in [0.25, 0.3) is 5.91 Å². The number of amides is 1. The molecule has 1 heterocycles. The van der Waals surface area contributed by atoms with Gasteiger partial charge in [0.05, 0.1) is 7.11 Å². The normalized spacial score (nSPS) is 13.7. The Morgan fingerprint density at radius 2 is 1.60 bits per heavy atom. The van der Waals surface area contributed by atoms with Gasteiger partial charge in [-0.25, -0.2) is 9.78 Å². The number of hydrogen-bond donors (Lipinski definition) is 1. The van der Waals surface area contributed by atoms with Crippen LogP contribution in [0.5, 0.6) is 17.2 Å². The van der Waals surface area contributed by atoms with Crippen LogP contribution in [-0.2, 0) is 20.7 Å². The lowest BCUT2D eigenvalue weighted by atomic mass is 9.89. The average Bonchev–Trinajstić information content (AvgIpc) is 2.95. The van der Waals surface area contributed by atoms with Gasteiger partial charge < -0.3 is 24.3 Å². The molecule has 40 heavy (non-hydrogen) atoms. The monoisotopic (exact) mass is 548 g/mol. The molecular weight excluding hydrogens is 512 g/mol. The van der Waals surface area contributed by atoms with E-state index < -0.39 is 36.1 Å². The Bertz CT molecular complexity index is 1270. The number of methoxy groups -OCH3 is 1. The Hall–Kier alpha value is -4.40. The third-order valence-electron chi connectivity index (χ3n) is 6.36. The van der Waals surface area contributed by atoms with Crippen LogP contribution in [0.4, 0.5) is 0 Å². The molecule has 1 N–H and O–H groups in total. The molecule has 9 nitrogen and oxygen atoms in total. The van der Waals surface area contributed by atoms with Gasteiger partial charge in [-0.3, -0.25) is 9.59 Å². The molecule has 2 aromatic carbocycles. The molecule has 9 heteroatoms. The van der Waals surface area contributed by atoms with Crippen LogP contribution in [0.1, 0.15) is 50.2 Å². The number of aromatic nitrogens is 1. The van der Waals surface area contributed by atoms with E-state index in [-0.39, 0.29) is 23.1 Å². The molecule has 0 fully saturated rings. The summed E-state index contributed by atoms with van der Waals surface area (Å²) in [7, 11) is 1.38. The fourth-order valence-corrected chi connectivity index (χ4v) is 4.31. The van der Waals surface area contributed by atoms with Crippen molar-refractivity contribution in [1.29, 1.82) is 0 Å². The van der Waals surface area contributed by atoms with Crippen LogP contribution in [0, 0.1) is 5.92 Å². The summed E-state index contributed by atoms with van der Waals surface area (Å²) in [5, 5.41) is 2.57. The van der Waals surface area contributed by atoms with E-state index >= 15 is 0 Å². The third kappa shape index (κ3) is 8.30. The van der Waals surface area contributed by atoms with Gasteiger partial charge in [-0.15, -0.1) is 0 Å². The van der Waals surface area contributed by atoms with Crippen molar-refractivity contribution >= 4 is 17.8 Å². The predicted molar refractivity (Wildman–Crippen MR) is 149 cm³/mol. The topological polar surface area (TPSA) is 113 Å². The maximum atomic E-state index is 13.1. The summed E-state index contributed by atoms with van der Waals surface area (Å²) in [6.45, 7) is 6.57. The molecule has 0 saturated heterocycles. The van der Waals surface area contributed by atoms with Crippen LogP contribution in [0.2, 0.25) is 0 Å². The molecule has 0 radical (unpaired) electrons. The molecule has 1 aromatic heterocycles. The number of esters is 2. The summed E-state index contributed by atoms with van der Waals surface area (Å²) in [4.78, 5) is 41.7. The summed E-state index contributed by atoms with van der Waals surface area (Å²) in [5.41, 5.74) is 0.964. The smallest absolute Gasteiger partial charge is 0.328 e. The lowest BCUT2D eigenvalue weighted by Crippen LogP contribution is -2.45. The average molecular weight is 549 g/mol. The molecule has 212 valence electrons. The van der Waals surface area contributed by atoms with Crippen molar-refractivity contribution in [2.75, 3.05) is 7.11 Å². The van der Waals surface area contributed by atoms with E-state index in [2.05, 4.69) is 29.4 Å². The molecule has 1 amide bonds. The van der Waals surface area contributed by atoms with E-state index in [1.807, 2.05) is 48.5 Å². The van der Waals surface area contributed by atoms with Gasteiger partial charge in [-0.1, -0.05) is 55.5 Å². The molecule has 0 unspecified atom stereocenters. The van der Waals surface area contributed by atoms with E-state index in [1.54, 1.807) is 6.92 Å². The molecule has 0 aliphatic rings. The van der Waals surface area contributed by atoms with Crippen molar-refractivity contribution in [2.24, 2.45) is 5.92 Å². The maximum absolute atomic E-state index is 13.1. The number of carbonyl (C=O) groups is 3. The quantitative estimate of drug-likeness (QED) is 0.304. The molecule has 3 rings (SSSR count). The van der Waals surface area contributed by atoms with Crippen LogP contribution in [0.15, 0.2) is 72.9 Å². The lowest BCUT2D eigenvalue weighted by molar-refractivity contribution is -0.156. The lowest BCUT2D eigenvalue weighted by Gasteiger charge is -2.32. The van der Waals surface area contributed by atoms with E-state index in [0.717, 1.165) is 18.4 Å². The van der Waals surface area contributed by atoms with Crippen molar-refractivity contribution in [3.63, 3.8) is 0 Å². The van der Waals surface area contributed by atoms with Gasteiger partial charge in [0.15, 0.2) is 11.4 Å². The SMILES string of the molecule is CC[C@H](Cc1ccccc1)[C@@H](Oc1ccccc1)[C@H](C)OC(=O)[C@H](C)NC(=O)c1nccc(OC)c1OC(C)=O. The number of para-hydroxylation sites is 1. The predicted octanol–water partition coefficient (Wildman–Crippen LogP) is 4.78. The van der Waals surface area contributed by atoms with E-state index in [9.17, 15) is 14.4 Å². The van der Waals surface area contributed by atoms with Gasteiger partial charge in [0, 0.05) is 25.1 Å². The Kier molecular flexibility index (Phi) is 11.1. The van der Waals surface area contributed by atoms with Gasteiger partial charge >= 0.3 is 11.9 Å². The molecular formula is C31H36N2O7. The highest BCUT2D eigenvalue weighted by Crippen LogP contribution is 2.30. The van der Waals surface area contributed by atoms with Crippen LogP contribution < -0.4 is 19.5 Å². The molecule has 0 saturated carbocycles. The van der Waals surface area contributed by atoms with Crippen molar-refractivity contribution in [1.82, 2.24) is 10.3 Å². The highest BCUT2D eigenvalue weighted by Gasteiger charge is 2.33. The zero-order chi connectivity index (χ0) is 29.1. The second-order valence-electron chi connectivity index (χ2n) is 9.38. The molecule has 0 bridgehead atoms. The Balaban J connectivity index is 1.75. The standard InChI is InChI=1S/C31H36N2O7/c1-6-24(19-23-13-9-7-10-14-23)28(40-25-15-11-8-12-16-25)21(3)38-31(36)20(2)33-30(35)27-29(39-22(4)34)26(37-5)17-18-32-27/h7-18,20-21,24,28H,6,19H2,1-5H3,(H,33,35)/t20-,21-,24+,28-/m0/s1. The zero-order valence-electron chi connectivity index (χ0n) is 23.5. The fraction of sp³-hybridized carbons (Fsp3) is 0.355. The Morgan fingerprint density at radius 1 is 0.950 bits per heavy atom. The van der Waals surface area contributed by atoms with E-state index in [0.29, 0.717) is 5.75 Å². The number of benzene rings is 2. The Morgan fingerprint density at radius 3 is 2.20 bits per heavy atom. The summed E-state index contributed by atoms with van der Waals surface area (Å²) in [6.07, 6.45) is 1.79. The molecule has 4 atom stereocenters. The molecule has 0 aliphatic heterocycles. The van der Waals surface area contributed by atoms with Gasteiger partial charge in [0.2, 0.25) is 5.75 Å². The third-order valence-corrected chi connectivity index (χ3v) is 6.36. The van der Waals surface area contributed by atoms with Gasteiger partial charge in [-0.05, 0) is 44.4 Å². The van der Waals surface area contributed by atoms with Crippen molar-refractivity contribution in [2.45, 2.75) is 58.8 Å². The minimum absolute atomic E-state index is 0.0441. The second kappa shape index (κ2) is 14.7. The highest BCUT2D eigenvalue weighted by atomic mass is 16.6. The molecule has 0 aliphatic carbocycles. The first-order chi connectivity index (χ1) is 19.2. The minimum atomic E-state index is -1.03. The van der Waals surface area contributed by atoms with Crippen LogP contribution in [-0.4, -0.2) is 48.2 Å². The number of carbonyl (C=O) groups excluding carboxylic acids is 3. The fourth-order valence-electron chi connectivity index (χ4n) is 4.31. The largest absolute Gasteiger partial charge is 0.493 e. The first-order valence-corrected chi connectivity index (χ1v) is 13.2. The number of nitrogens with one attached hydrogen (secondary N) is 1. The van der Waals surface area contributed by atoms with Crippen molar-refractivity contribution < 1.29 is 33.3 Å². The number of hydrogen-bond acceptors (Lipinski definition) is 8.